The molecule has 18 heavy (non-hydrogen) atoms. The van der Waals surface area contributed by atoms with Crippen LogP contribution in [0.4, 0.5) is 0 Å². The number of benzene rings is 2. The molecule has 0 amide bonds. The first-order chi connectivity index (χ1) is 8.90. The SMILES string of the molecule is C=CCN[C@@H](Cc1ccccc1)c1ccccc1. The van der Waals surface area contributed by atoms with E-state index in [0.29, 0.717) is 6.04 Å². The minimum atomic E-state index is 0.339. The molecule has 0 radical (unpaired) electrons. The third-order valence-corrected chi connectivity index (χ3v) is 2.99. The van der Waals surface area contributed by atoms with Gasteiger partial charge in [-0.1, -0.05) is 66.7 Å². The van der Waals surface area contributed by atoms with Crippen molar-refractivity contribution in [1.82, 2.24) is 5.32 Å². The highest BCUT2D eigenvalue weighted by atomic mass is 14.9. The molecule has 2 aromatic carbocycles. The number of hydrogen-bond acceptors (Lipinski definition) is 1. The van der Waals surface area contributed by atoms with Crippen molar-refractivity contribution in [1.29, 1.82) is 0 Å². The molecule has 0 fully saturated rings. The highest BCUT2D eigenvalue weighted by molar-refractivity contribution is 5.23. The fourth-order valence-corrected chi connectivity index (χ4v) is 2.07. The van der Waals surface area contributed by atoms with E-state index in [9.17, 15) is 0 Å². The molecular formula is C17H19N. The van der Waals surface area contributed by atoms with Crippen molar-refractivity contribution < 1.29 is 0 Å². The molecule has 0 spiro atoms. The van der Waals surface area contributed by atoms with Gasteiger partial charge in [0.15, 0.2) is 0 Å². The second kappa shape index (κ2) is 6.77. The molecule has 0 heterocycles. The van der Waals surface area contributed by atoms with Gasteiger partial charge in [-0.2, -0.15) is 0 Å². The van der Waals surface area contributed by atoms with Gasteiger partial charge in [0.2, 0.25) is 0 Å². The van der Waals surface area contributed by atoms with Crippen molar-refractivity contribution in [3.8, 4) is 0 Å². The second-order valence-electron chi connectivity index (χ2n) is 4.35. The van der Waals surface area contributed by atoms with E-state index in [2.05, 4.69) is 72.6 Å². The molecular weight excluding hydrogens is 218 g/mol. The van der Waals surface area contributed by atoms with Crippen LogP contribution in [0.25, 0.3) is 0 Å². The topological polar surface area (TPSA) is 12.0 Å². The fraction of sp³-hybridized carbons (Fsp3) is 0.176. The molecule has 1 atom stereocenters. The van der Waals surface area contributed by atoms with Gasteiger partial charge >= 0.3 is 0 Å². The van der Waals surface area contributed by atoms with E-state index in [0.717, 1.165) is 13.0 Å². The molecule has 1 heteroatoms. The third-order valence-electron chi connectivity index (χ3n) is 2.99. The molecule has 0 saturated heterocycles. The Morgan fingerprint density at radius 2 is 1.56 bits per heavy atom. The summed E-state index contributed by atoms with van der Waals surface area (Å²) >= 11 is 0. The Morgan fingerprint density at radius 1 is 0.944 bits per heavy atom. The zero-order valence-corrected chi connectivity index (χ0v) is 10.5. The summed E-state index contributed by atoms with van der Waals surface area (Å²) in [5, 5.41) is 3.52. The van der Waals surface area contributed by atoms with E-state index in [-0.39, 0.29) is 0 Å². The lowest BCUT2D eigenvalue weighted by Crippen LogP contribution is -2.23. The maximum Gasteiger partial charge on any atom is 0.0363 e. The van der Waals surface area contributed by atoms with Gasteiger partial charge in [-0.25, -0.2) is 0 Å². The van der Waals surface area contributed by atoms with Crippen LogP contribution < -0.4 is 5.32 Å². The van der Waals surface area contributed by atoms with Crippen molar-refractivity contribution >= 4 is 0 Å². The van der Waals surface area contributed by atoms with Crippen LogP contribution in [0.5, 0.6) is 0 Å². The molecule has 1 N–H and O–H groups in total. The lowest BCUT2D eigenvalue weighted by Gasteiger charge is -2.18. The van der Waals surface area contributed by atoms with Gasteiger partial charge in [-0.3, -0.25) is 0 Å². The van der Waals surface area contributed by atoms with Crippen LogP contribution in [0, 0.1) is 0 Å². The first kappa shape index (κ1) is 12.6. The molecule has 92 valence electrons. The molecule has 0 aliphatic rings. The fourth-order valence-electron chi connectivity index (χ4n) is 2.07. The Hall–Kier alpha value is -1.86. The summed E-state index contributed by atoms with van der Waals surface area (Å²) in [7, 11) is 0. The van der Waals surface area contributed by atoms with Crippen molar-refractivity contribution in [2.75, 3.05) is 6.54 Å². The Kier molecular flexibility index (Phi) is 4.74. The average molecular weight is 237 g/mol. The van der Waals surface area contributed by atoms with Crippen molar-refractivity contribution in [3.05, 3.63) is 84.4 Å². The summed E-state index contributed by atoms with van der Waals surface area (Å²) < 4.78 is 0. The summed E-state index contributed by atoms with van der Waals surface area (Å²) in [6.07, 6.45) is 2.90. The number of nitrogens with one attached hydrogen (secondary N) is 1. The smallest absolute Gasteiger partial charge is 0.0363 e. The molecule has 0 saturated carbocycles. The quantitative estimate of drug-likeness (QED) is 0.755. The summed E-state index contributed by atoms with van der Waals surface area (Å²) in [6.45, 7) is 4.60. The van der Waals surface area contributed by atoms with Gasteiger partial charge < -0.3 is 5.32 Å². The van der Waals surface area contributed by atoms with E-state index >= 15 is 0 Å². The molecule has 1 nitrogen and oxygen atoms in total. The Bertz CT molecular complexity index is 461. The predicted octanol–water partition coefficient (Wildman–Crippen LogP) is 3.75. The number of hydrogen-bond donors (Lipinski definition) is 1. The predicted molar refractivity (Wildman–Crippen MR) is 77.5 cm³/mol. The Morgan fingerprint density at radius 3 is 2.17 bits per heavy atom. The van der Waals surface area contributed by atoms with Crippen LogP contribution in [-0.2, 0) is 6.42 Å². The summed E-state index contributed by atoms with van der Waals surface area (Å²) in [6, 6.07) is 21.5. The third kappa shape index (κ3) is 3.57. The molecule has 0 bridgehead atoms. The maximum atomic E-state index is 3.77. The van der Waals surface area contributed by atoms with Crippen molar-refractivity contribution in [2.45, 2.75) is 12.5 Å². The molecule has 0 aliphatic heterocycles. The monoisotopic (exact) mass is 237 g/mol. The Labute approximate surface area is 109 Å². The summed E-state index contributed by atoms with van der Waals surface area (Å²) in [5.74, 6) is 0. The lowest BCUT2D eigenvalue weighted by atomic mass is 9.99. The van der Waals surface area contributed by atoms with Crippen LogP contribution in [-0.4, -0.2) is 6.54 Å². The van der Waals surface area contributed by atoms with E-state index in [4.69, 9.17) is 0 Å². The highest BCUT2D eigenvalue weighted by Gasteiger charge is 2.10. The average Bonchev–Trinajstić information content (AvgIpc) is 2.45. The Balaban J connectivity index is 2.13. The van der Waals surface area contributed by atoms with Gasteiger partial charge in [0.25, 0.3) is 0 Å². The lowest BCUT2D eigenvalue weighted by molar-refractivity contribution is 0.565. The minimum absolute atomic E-state index is 0.339. The molecule has 2 aromatic rings. The van der Waals surface area contributed by atoms with Crippen LogP contribution >= 0.6 is 0 Å². The van der Waals surface area contributed by atoms with Crippen molar-refractivity contribution in [2.24, 2.45) is 0 Å². The number of rotatable bonds is 6. The van der Waals surface area contributed by atoms with E-state index in [1.807, 2.05) is 6.08 Å². The first-order valence-electron chi connectivity index (χ1n) is 6.33. The van der Waals surface area contributed by atoms with Crippen LogP contribution in [0.1, 0.15) is 17.2 Å². The summed E-state index contributed by atoms with van der Waals surface area (Å²) in [5.41, 5.74) is 2.67. The zero-order valence-electron chi connectivity index (χ0n) is 10.5. The molecule has 0 aromatic heterocycles. The van der Waals surface area contributed by atoms with Gasteiger partial charge in [0.05, 0.1) is 0 Å². The summed E-state index contributed by atoms with van der Waals surface area (Å²) in [4.78, 5) is 0. The van der Waals surface area contributed by atoms with Gasteiger partial charge in [-0.05, 0) is 17.5 Å². The molecule has 0 aliphatic carbocycles. The van der Waals surface area contributed by atoms with E-state index in [1.54, 1.807) is 0 Å². The van der Waals surface area contributed by atoms with Crippen LogP contribution in [0.3, 0.4) is 0 Å². The highest BCUT2D eigenvalue weighted by Crippen LogP contribution is 2.18. The van der Waals surface area contributed by atoms with Gasteiger partial charge in [0, 0.05) is 12.6 Å². The van der Waals surface area contributed by atoms with Crippen LogP contribution in [0.2, 0.25) is 0 Å². The van der Waals surface area contributed by atoms with E-state index < -0.39 is 0 Å². The largest absolute Gasteiger partial charge is 0.306 e. The zero-order chi connectivity index (χ0) is 12.6. The maximum absolute atomic E-state index is 3.77. The molecule has 0 unspecified atom stereocenters. The van der Waals surface area contributed by atoms with Gasteiger partial charge in [0.1, 0.15) is 0 Å². The van der Waals surface area contributed by atoms with Gasteiger partial charge in [-0.15, -0.1) is 6.58 Å². The second-order valence-corrected chi connectivity index (χ2v) is 4.35. The van der Waals surface area contributed by atoms with Crippen LogP contribution in [0.15, 0.2) is 73.3 Å². The van der Waals surface area contributed by atoms with Crippen molar-refractivity contribution in [3.63, 3.8) is 0 Å². The first-order valence-corrected chi connectivity index (χ1v) is 6.33. The standard InChI is InChI=1S/C17H19N/c1-2-13-18-17(16-11-7-4-8-12-16)14-15-9-5-3-6-10-15/h2-12,17-18H,1,13-14H2/t17-/m0/s1. The molecule has 2 rings (SSSR count). The van der Waals surface area contributed by atoms with E-state index in [1.165, 1.54) is 11.1 Å². The minimum Gasteiger partial charge on any atom is -0.306 e. The normalized spacial score (nSPS) is 12.0.